The molecule has 2 aromatic rings. The first-order chi connectivity index (χ1) is 17.1. The number of benzene rings is 2. The second-order valence-corrected chi connectivity index (χ2v) is 10.8. The van der Waals surface area contributed by atoms with Crippen molar-refractivity contribution in [2.75, 3.05) is 19.6 Å². The predicted molar refractivity (Wildman–Crippen MR) is 140 cm³/mol. The summed E-state index contributed by atoms with van der Waals surface area (Å²) in [6, 6.07) is 14.2. The van der Waals surface area contributed by atoms with E-state index in [9.17, 15) is 9.59 Å². The first kappa shape index (κ1) is 24.3. The van der Waals surface area contributed by atoms with Gasteiger partial charge in [0.05, 0.1) is 0 Å². The summed E-state index contributed by atoms with van der Waals surface area (Å²) in [5, 5.41) is 2.71. The normalized spacial score (nSPS) is 21.9. The zero-order chi connectivity index (χ0) is 24.2. The lowest BCUT2D eigenvalue weighted by atomic mass is 9.93. The van der Waals surface area contributed by atoms with Gasteiger partial charge < -0.3 is 4.90 Å². The average Bonchev–Trinajstić information content (AvgIpc) is 3.26. The summed E-state index contributed by atoms with van der Waals surface area (Å²) in [4.78, 5) is 28.0. The monoisotopic (exact) mass is 493 g/mol. The Kier molecular flexibility index (Phi) is 7.74. The third-order valence-electron chi connectivity index (χ3n) is 7.96. The Morgan fingerprint density at radius 2 is 1.63 bits per heavy atom. The summed E-state index contributed by atoms with van der Waals surface area (Å²) in [6.45, 7) is 2.70. The van der Waals surface area contributed by atoms with Crippen molar-refractivity contribution < 1.29 is 9.59 Å². The molecule has 1 unspecified atom stereocenters. The van der Waals surface area contributed by atoms with E-state index in [2.05, 4.69) is 22.5 Å². The first-order valence-electron chi connectivity index (χ1n) is 13.3. The van der Waals surface area contributed by atoms with Crippen molar-refractivity contribution in [3.05, 3.63) is 58.6 Å². The number of amides is 2. The predicted octanol–water partition coefficient (Wildman–Crippen LogP) is 5.86. The number of hydrazine groups is 1. The SMILES string of the molecule is O=C(NN1CCCCC1)c1cccc(-c2ccc(CC3CCN(C4CCCCC4)C3=O)c(Cl)c2)c1. The van der Waals surface area contributed by atoms with E-state index in [1.165, 1.54) is 25.7 Å². The Morgan fingerprint density at radius 1 is 0.886 bits per heavy atom. The third kappa shape index (κ3) is 5.73. The van der Waals surface area contributed by atoms with Gasteiger partial charge in [-0.15, -0.1) is 0 Å². The molecule has 2 aliphatic heterocycles. The van der Waals surface area contributed by atoms with Crippen LogP contribution in [-0.2, 0) is 11.2 Å². The van der Waals surface area contributed by atoms with Crippen molar-refractivity contribution >= 4 is 23.4 Å². The maximum atomic E-state index is 13.1. The summed E-state index contributed by atoms with van der Waals surface area (Å²) in [5.41, 5.74) is 6.65. The fourth-order valence-electron chi connectivity index (χ4n) is 5.92. The Labute approximate surface area is 213 Å². The number of nitrogens with one attached hydrogen (secondary N) is 1. The van der Waals surface area contributed by atoms with Crippen molar-refractivity contribution in [2.24, 2.45) is 5.92 Å². The molecule has 1 atom stereocenters. The highest BCUT2D eigenvalue weighted by molar-refractivity contribution is 6.31. The zero-order valence-electron chi connectivity index (χ0n) is 20.5. The Bertz CT molecular complexity index is 1060. The minimum atomic E-state index is -0.0706. The van der Waals surface area contributed by atoms with Crippen molar-refractivity contribution in [1.82, 2.24) is 15.3 Å². The maximum Gasteiger partial charge on any atom is 0.265 e. The molecule has 186 valence electrons. The molecule has 3 aliphatic rings. The summed E-state index contributed by atoms with van der Waals surface area (Å²) in [6.07, 6.45) is 11.2. The molecule has 5 nitrogen and oxygen atoms in total. The van der Waals surface area contributed by atoms with Gasteiger partial charge in [0.1, 0.15) is 0 Å². The molecule has 1 N–H and O–H groups in total. The van der Waals surface area contributed by atoms with Gasteiger partial charge in [-0.25, -0.2) is 5.01 Å². The van der Waals surface area contributed by atoms with Gasteiger partial charge in [-0.05, 0) is 73.4 Å². The molecule has 2 saturated heterocycles. The van der Waals surface area contributed by atoms with E-state index in [1.807, 2.05) is 35.3 Å². The number of hydrogen-bond donors (Lipinski definition) is 1. The van der Waals surface area contributed by atoms with Crippen molar-refractivity contribution in [1.29, 1.82) is 0 Å². The van der Waals surface area contributed by atoms with Gasteiger partial charge in [-0.3, -0.25) is 15.0 Å². The lowest BCUT2D eigenvalue weighted by Gasteiger charge is -2.31. The molecule has 0 bridgehead atoms. The number of carbonyl (C=O) groups excluding carboxylic acids is 2. The highest BCUT2D eigenvalue weighted by atomic mass is 35.5. The molecule has 6 heteroatoms. The minimum Gasteiger partial charge on any atom is -0.339 e. The minimum absolute atomic E-state index is 0.0297. The van der Waals surface area contributed by atoms with Gasteiger partial charge in [0.15, 0.2) is 0 Å². The highest BCUT2D eigenvalue weighted by Gasteiger charge is 2.36. The largest absolute Gasteiger partial charge is 0.339 e. The number of halogens is 1. The summed E-state index contributed by atoms with van der Waals surface area (Å²) in [7, 11) is 0. The number of piperidine rings is 1. The number of hydrogen-bond acceptors (Lipinski definition) is 3. The highest BCUT2D eigenvalue weighted by Crippen LogP contribution is 2.33. The standard InChI is InChI=1S/C29H36ClN3O2/c30-27-20-22(21-8-7-9-24(18-21)28(34)31-32-15-5-2-6-16-32)12-13-23(27)19-25-14-17-33(29(25)35)26-10-3-1-4-11-26/h7-9,12-13,18,20,25-26H,1-6,10-11,14-17,19H2,(H,31,34). The first-order valence-corrected chi connectivity index (χ1v) is 13.7. The Morgan fingerprint density at radius 3 is 2.40 bits per heavy atom. The molecule has 5 rings (SSSR count). The van der Waals surface area contributed by atoms with Crippen LogP contribution >= 0.6 is 11.6 Å². The van der Waals surface area contributed by atoms with Crippen LogP contribution in [0.2, 0.25) is 5.02 Å². The van der Waals surface area contributed by atoms with E-state index in [0.29, 0.717) is 29.0 Å². The molecule has 0 radical (unpaired) electrons. The summed E-state index contributed by atoms with van der Waals surface area (Å²) < 4.78 is 0. The molecule has 2 amide bonds. The van der Waals surface area contributed by atoms with Crippen molar-refractivity contribution in [3.63, 3.8) is 0 Å². The lowest BCUT2D eigenvalue weighted by molar-refractivity contribution is -0.133. The fraction of sp³-hybridized carbons (Fsp3) is 0.517. The van der Waals surface area contributed by atoms with Crippen LogP contribution in [0, 0.1) is 5.92 Å². The fourth-order valence-corrected chi connectivity index (χ4v) is 6.18. The Hall–Kier alpha value is -2.37. The molecule has 1 saturated carbocycles. The van der Waals surface area contributed by atoms with Crippen LogP contribution in [0.25, 0.3) is 11.1 Å². The molecular formula is C29H36ClN3O2. The molecule has 3 fully saturated rings. The van der Waals surface area contributed by atoms with Gasteiger partial charge in [-0.1, -0.05) is 61.5 Å². The van der Waals surface area contributed by atoms with E-state index in [-0.39, 0.29) is 11.8 Å². The summed E-state index contributed by atoms with van der Waals surface area (Å²) >= 11 is 6.71. The van der Waals surface area contributed by atoms with Crippen molar-refractivity contribution in [3.8, 4) is 11.1 Å². The summed E-state index contributed by atoms with van der Waals surface area (Å²) in [5.74, 6) is 0.269. The second kappa shape index (κ2) is 11.1. The van der Waals surface area contributed by atoms with Crippen LogP contribution in [0.15, 0.2) is 42.5 Å². The van der Waals surface area contributed by atoms with E-state index in [0.717, 1.165) is 68.4 Å². The van der Waals surface area contributed by atoms with E-state index in [4.69, 9.17) is 11.6 Å². The number of nitrogens with zero attached hydrogens (tertiary/aromatic N) is 2. The average molecular weight is 494 g/mol. The van der Waals surface area contributed by atoms with Crippen LogP contribution in [0.1, 0.15) is 73.7 Å². The van der Waals surface area contributed by atoms with E-state index in [1.54, 1.807) is 0 Å². The zero-order valence-corrected chi connectivity index (χ0v) is 21.2. The van der Waals surface area contributed by atoms with E-state index >= 15 is 0 Å². The molecule has 2 heterocycles. The van der Waals surface area contributed by atoms with Crippen molar-refractivity contribution in [2.45, 2.75) is 70.3 Å². The van der Waals surface area contributed by atoms with Crippen LogP contribution in [0.3, 0.4) is 0 Å². The maximum absolute atomic E-state index is 13.1. The topological polar surface area (TPSA) is 52.7 Å². The molecule has 35 heavy (non-hydrogen) atoms. The lowest BCUT2D eigenvalue weighted by Crippen LogP contribution is -2.45. The second-order valence-electron chi connectivity index (χ2n) is 10.4. The number of carbonyl (C=O) groups is 2. The van der Waals surface area contributed by atoms with Gasteiger partial charge in [0, 0.05) is 42.2 Å². The van der Waals surface area contributed by atoms with Gasteiger partial charge >= 0.3 is 0 Å². The van der Waals surface area contributed by atoms with E-state index < -0.39 is 0 Å². The quantitative estimate of drug-likeness (QED) is 0.548. The molecule has 1 aliphatic carbocycles. The van der Waals surface area contributed by atoms with Crippen LogP contribution in [0.5, 0.6) is 0 Å². The van der Waals surface area contributed by atoms with Crippen LogP contribution in [-0.4, -0.2) is 47.4 Å². The Balaban J connectivity index is 1.24. The number of likely N-dealkylation sites (tertiary alicyclic amines) is 1. The van der Waals surface area contributed by atoms with Crippen LogP contribution < -0.4 is 5.43 Å². The third-order valence-corrected chi connectivity index (χ3v) is 8.31. The molecule has 2 aromatic carbocycles. The number of rotatable bonds is 6. The van der Waals surface area contributed by atoms with Gasteiger partial charge in [-0.2, -0.15) is 0 Å². The van der Waals surface area contributed by atoms with Gasteiger partial charge in [0.2, 0.25) is 5.91 Å². The molecule has 0 aromatic heterocycles. The van der Waals surface area contributed by atoms with Gasteiger partial charge in [0.25, 0.3) is 5.91 Å². The van der Waals surface area contributed by atoms with Crippen LogP contribution in [0.4, 0.5) is 0 Å². The molecule has 0 spiro atoms. The smallest absolute Gasteiger partial charge is 0.265 e. The molecular weight excluding hydrogens is 458 g/mol.